The third-order valence-corrected chi connectivity index (χ3v) is 4.27. The first-order valence-corrected chi connectivity index (χ1v) is 8.19. The lowest BCUT2D eigenvalue weighted by Crippen LogP contribution is -2.14. The van der Waals surface area contributed by atoms with E-state index in [1.165, 1.54) is 28.5 Å². The first-order chi connectivity index (χ1) is 11.2. The van der Waals surface area contributed by atoms with Gasteiger partial charge in [-0.15, -0.1) is 0 Å². The highest BCUT2D eigenvalue weighted by Crippen LogP contribution is 2.27. The van der Waals surface area contributed by atoms with Gasteiger partial charge in [-0.25, -0.2) is 18.7 Å². The van der Waals surface area contributed by atoms with Crippen molar-refractivity contribution in [2.24, 2.45) is 0 Å². The second kappa shape index (κ2) is 6.83. The molecular weight excluding hydrogens is 315 g/mol. The summed E-state index contributed by atoms with van der Waals surface area (Å²) in [5.41, 5.74) is 2.41. The molecule has 4 nitrogen and oxygen atoms in total. The molecule has 0 N–H and O–H groups in total. The molecule has 0 radical (unpaired) electrons. The van der Waals surface area contributed by atoms with Gasteiger partial charge in [-0.1, -0.05) is 36.0 Å². The summed E-state index contributed by atoms with van der Waals surface area (Å²) in [5, 5.41) is 0.564. The van der Waals surface area contributed by atoms with E-state index in [4.69, 9.17) is 4.74 Å². The van der Waals surface area contributed by atoms with E-state index in [1.54, 1.807) is 19.1 Å². The number of hydrogen-bond acceptors (Lipinski definition) is 4. The van der Waals surface area contributed by atoms with Crippen molar-refractivity contribution in [3.8, 4) is 0 Å². The van der Waals surface area contributed by atoms with E-state index in [2.05, 4.69) is 4.98 Å². The van der Waals surface area contributed by atoms with Crippen LogP contribution >= 0.6 is 11.8 Å². The molecule has 0 saturated heterocycles. The molecule has 23 heavy (non-hydrogen) atoms. The van der Waals surface area contributed by atoms with E-state index in [0.717, 1.165) is 11.1 Å². The summed E-state index contributed by atoms with van der Waals surface area (Å²) in [6.07, 6.45) is -0.442. The lowest BCUT2D eigenvalue weighted by atomic mass is 10.2. The molecular formula is C17H15FN2O2S. The zero-order chi connectivity index (χ0) is 16.2. The molecule has 3 rings (SSSR count). The Balaban J connectivity index is 1.91. The number of aromatic nitrogens is 2. The standard InChI is InChI=1S/C17H15FN2O2S/c1-2-22-17(21)20-15-6-4-3-5-14(15)19-16(20)23-11-12-7-9-13(18)10-8-12/h3-10H,2,11H2,1H3. The van der Waals surface area contributed by atoms with Crippen LogP contribution < -0.4 is 0 Å². The SMILES string of the molecule is CCOC(=O)n1c(SCc2ccc(F)cc2)nc2ccccc21. The van der Waals surface area contributed by atoms with Gasteiger partial charge in [0.2, 0.25) is 0 Å². The van der Waals surface area contributed by atoms with Crippen molar-refractivity contribution < 1.29 is 13.9 Å². The molecule has 0 aliphatic carbocycles. The third-order valence-electron chi connectivity index (χ3n) is 3.26. The Morgan fingerprint density at radius 1 is 1.22 bits per heavy atom. The van der Waals surface area contributed by atoms with Gasteiger partial charge in [0, 0.05) is 5.75 Å². The molecule has 1 heterocycles. The number of ether oxygens (including phenoxy) is 1. The zero-order valence-electron chi connectivity index (χ0n) is 12.5. The highest BCUT2D eigenvalue weighted by Gasteiger charge is 2.17. The minimum atomic E-state index is -0.442. The highest BCUT2D eigenvalue weighted by molar-refractivity contribution is 7.98. The number of rotatable bonds is 4. The molecule has 3 aromatic rings. The Labute approximate surface area is 137 Å². The van der Waals surface area contributed by atoms with Gasteiger partial charge < -0.3 is 4.74 Å². The monoisotopic (exact) mass is 330 g/mol. The molecule has 0 aliphatic heterocycles. The van der Waals surface area contributed by atoms with Gasteiger partial charge in [0.1, 0.15) is 5.82 Å². The average Bonchev–Trinajstić information content (AvgIpc) is 2.93. The van der Waals surface area contributed by atoms with E-state index < -0.39 is 6.09 Å². The van der Waals surface area contributed by atoms with Crippen molar-refractivity contribution in [3.63, 3.8) is 0 Å². The number of thioether (sulfide) groups is 1. The lowest BCUT2D eigenvalue weighted by Gasteiger charge is -2.07. The van der Waals surface area contributed by atoms with Gasteiger partial charge in [0.15, 0.2) is 5.16 Å². The summed E-state index contributed by atoms with van der Waals surface area (Å²) in [4.78, 5) is 16.7. The summed E-state index contributed by atoms with van der Waals surface area (Å²) in [7, 11) is 0. The Morgan fingerprint density at radius 2 is 1.96 bits per heavy atom. The highest BCUT2D eigenvalue weighted by atomic mass is 32.2. The number of benzene rings is 2. The van der Waals surface area contributed by atoms with Crippen LogP contribution in [0.1, 0.15) is 12.5 Å². The minimum absolute atomic E-state index is 0.266. The normalized spacial score (nSPS) is 10.9. The maximum atomic E-state index is 13.0. The predicted octanol–water partition coefficient (Wildman–Crippen LogP) is 4.47. The Hall–Kier alpha value is -2.34. The summed E-state index contributed by atoms with van der Waals surface area (Å²) < 4.78 is 19.6. The van der Waals surface area contributed by atoms with Crippen LogP contribution in [0.15, 0.2) is 53.7 Å². The van der Waals surface area contributed by atoms with E-state index in [1.807, 2.05) is 24.3 Å². The van der Waals surface area contributed by atoms with Crippen molar-refractivity contribution in [2.45, 2.75) is 17.8 Å². The predicted molar refractivity (Wildman–Crippen MR) is 88.1 cm³/mol. The molecule has 0 bridgehead atoms. The lowest BCUT2D eigenvalue weighted by molar-refractivity contribution is 0.152. The van der Waals surface area contributed by atoms with Crippen LogP contribution in [0.2, 0.25) is 0 Å². The largest absolute Gasteiger partial charge is 0.449 e. The van der Waals surface area contributed by atoms with Crippen molar-refractivity contribution in [1.82, 2.24) is 9.55 Å². The van der Waals surface area contributed by atoms with Crippen LogP contribution in [-0.4, -0.2) is 22.3 Å². The summed E-state index contributed by atoms with van der Waals surface area (Å²) >= 11 is 1.41. The Morgan fingerprint density at radius 3 is 2.70 bits per heavy atom. The Kier molecular flexibility index (Phi) is 4.62. The molecule has 0 fully saturated rings. The molecule has 118 valence electrons. The fraction of sp³-hybridized carbons (Fsp3) is 0.176. The number of fused-ring (bicyclic) bond motifs is 1. The summed E-state index contributed by atoms with van der Waals surface area (Å²) in [6, 6.07) is 13.7. The van der Waals surface area contributed by atoms with Gasteiger partial charge >= 0.3 is 6.09 Å². The van der Waals surface area contributed by atoms with E-state index in [0.29, 0.717) is 23.0 Å². The summed E-state index contributed by atoms with van der Waals surface area (Å²) in [6.45, 7) is 2.07. The first-order valence-electron chi connectivity index (χ1n) is 7.21. The molecule has 1 aromatic heterocycles. The number of nitrogens with zero attached hydrogens (tertiary/aromatic N) is 2. The molecule has 0 amide bonds. The fourth-order valence-corrected chi connectivity index (χ4v) is 3.15. The first kappa shape index (κ1) is 15.6. The van der Waals surface area contributed by atoms with Crippen LogP contribution in [-0.2, 0) is 10.5 Å². The minimum Gasteiger partial charge on any atom is -0.449 e. The summed E-state index contributed by atoms with van der Waals surface area (Å²) in [5.74, 6) is 0.320. The fourth-order valence-electron chi connectivity index (χ4n) is 2.19. The van der Waals surface area contributed by atoms with Gasteiger partial charge in [-0.05, 0) is 36.8 Å². The van der Waals surface area contributed by atoms with Gasteiger partial charge in [-0.3, -0.25) is 0 Å². The van der Waals surface area contributed by atoms with Gasteiger partial charge in [0.05, 0.1) is 17.6 Å². The number of carbonyl (C=O) groups is 1. The van der Waals surface area contributed by atoms with Crippen molar-refractivity contribution >= 4 is 28.9 Å². The molecule has 0 spiro atoms. The van der Waals surface area contributed by atoms with Gasteiger partial charge in [0.25, 0.3) is 0 Å². The smallest absolute Gasteiger partial charge is 0.420 e. The molecule has 0 atom stereocenters. The maximum Gasteiger partial charge on any atom is 0.420 e. The molecule has 2 aromatic carbocycles. The number of para-hydroxylation sites is 2. The van der Waals surface area contributed by atoms with Crippen molar-refractivity contribution in [2.75, 3.05) is 6.61 Å². The maximum absolute atomic E-state index is 13.0. The van der Waals surface area contributed by atoms with E-state index >= 15 is 0 Å². The topological polar surface area (TPSA) is 44.1 Å². The molecule has 0 saturated carbocycles. The zero-order valence-corrected chi connectivity index (χ0v) is 13.3. The average molecular weight is 330 g/mol. The number of carbonyl (C=O) groups excluding carboxylic acids is 1. The number of imidazole rings is 1. The second-order valence-corrected chi connectivity index (χ2v) is 5.78. The Bertz CT molecular complexity index is 830. The van der Waals surface area contributed by atoms with Crippen LogP contribution in [0.25, 0.3) is 11.0 Å². The van der Waals surface area contributed by atoms with Crippen LogP contribution in [0.5, 0.6) is 0 Å². The third kappa shape index (κ3) is 3.37. The van der Waals surface area contributed by atoms with Gasteiger partial charge in [-0.2, -0.15) is 0 Å². The number of halogens is 1. The van der Waals surface area contributed by atoms with Crippen LogP contribution in [0.3, 0.4) is 0 Å². The van der Waals surface area contributed by atoms with Crippen LogP contribution in [0.4, 0.5) is 9.18 Å². The van der Waals surface area contributed by atoms with Crippen molar-refractivity contribution in [1.29, 1.82) is 0 Å². The second-order valence-electron chi connectivity index (χ2n) is 4.83. The number of hydrogen-bond donors (Lipinski definition) is 0. The van der Waals surface area contributed by atoms with Crippen LogP contribution in [0, 0.1) is 5.82 Å². The van der Waals surface area contributed by atoms with Crippen molar-refractivity contribution in [3.05, 3.63) is 59.9 Å². The molecule has 0 aliphatic rings. The molecule has 0 unspecified atom stereocenters. The van der Waals surface area contributed by atoms with E-state index in [9.17, 15) is 9.18 Å². The quantitative estimate of drug-likeness (QED) is 0.662. The molecule has 6 heteroatoms. The van der Waals surface area contributed by atoms with E-state index in [-0.39, 0.29) is 5.82 Å².